The second-order valence-corrected chi connectivity index (χ2v) is 5.37. The molecule has 2 heterocycles. The van der Waals surface area contributed by atoms with Gasteiger partial charge in [0.2, 0.25) is 0 Å². The molecule has 0 unspecified atom stereocenters. The molecule has 2 aromatic heterocycles. The zero-order valence-electron chi connectivity index (χ0n) is 11.9. The topological polar surface area (TPSA) is 75.1 Å². The van der Waals surface area contributed by atoms with E-state index in [9.17, 15) is 4.79 Å². The molecule has 0 saturated carbocycles. The molecule has 2 N–H and O–H groups in total. The first kappa shape index (κ1) is 15.3. The van der Waals surface area contributed by atoms with Crippen molar-refractivity contribution in [3.05, 3.63) is 65.6 Å². The fraction of sp³-hybridized carbons (Fsp3) is 0. The second-order valence-electron chi connectivity index (χ2n) is 4.61. The maximum atomic E-state index is 12.1. The van der Waals surface area contributed by atoms with Crippen LogP contribution in [0.1, 0.15) is 0 Å². The third-order valence-electron chi connectivity index (χ3n) is 3.20. The number of fused-ring (bicyclic) bond motifs is 1. The number of aromatic nitrogens is 3. The number of aliphatic imine (C=N–C) groups is 1. The van der Waals surface area contributed by atoms with Crippen molar-refractivity contribution in [3.63, 3.8) is 0 Å². The van der Waals surface area contributed by atoms with Crippen molar-refractivity contribution in [2.75, 3.05) is 5.32 Å². The normalized spacial score (nSPS) is 11.4. The Bertz CT molecular complexity index is 956. The molecular weight excluding hydrogens is 462 g/mol. The first-order valence-electron chi connectivity index (χ1n) is 6.72. The number of hydrogen-bond donors (Lipinski definition) is 2. The van der Waals surface area contributed by atoms with E-state index < -0.39 is 0 Å². The summed E-state index contributed by atoms with van der Waals surface area (Å²) in [7, 11) is 0. The average Bonchev–Trinajstić information content (AvgIpc) is 2.91. The predicted octanol–water partition coefficient (Wildman–Crippen LogP) is 1.82. The minimum absolute atomic E-state index is 0.187. The molecule has 23 heavy (non-hydrogen) atoms. The molecule has 114 valence electrons. The summed E-state index contributed by atoms with van der Waals surface area (Å²) in [4.78, 5) is 20.4. The molecule has 0 spiro atoms. The Kier molecular flexibility index (Phi) is 4.44. The van der Waals surface area contributed by atoms with Crippen molar-refractivity contribution in [2.24, 2.45) is 4.99 Å². The summed E-state index contributed by atoms with van der Waals surface area (Å²) in [6.07, 6.45) is 2.90. The zero-order chi connectivity index (χ0) is 16.2. The number of hydrogen-bond acceptors (Lipinski definition) is 3. The Balaban J connectivity index is 2.12. The molecule has 0 atom stereocenters. The Morgan fingerprint density at radius 2 is 2.17 bits per heavy atom. The van der Waals surface area contributed by atoms with Crippen molar-refractivity contribution >= 4 is 27.1 Å². The molecule has 0 fully saturated rings. The van der Waals surface area contributed by atoms with Crippen LogP contribution in [0.2, 0.25) is 0 Å². The van der Waals surface area contributed by atoms with Gasteiger partial charge in [-0.2, -0.15) is 0 Å². The molecule has 0 aliphatic rings. The van der Waals surface area contributed by atoms with E-state index in [1.54, 1.807) is 15.3 Å². The van der Waals surface area contributed by atoms with Crippen molar-refractivity contribution in [1.29, 1.82) is 0 Å². The van der Waals surface area contributed by atoms with Crippen LogP contribution in [0.4, 0.5) is 5.82 Å². The fourth-order valence-corrected chi connectivity index (χ4v) is 2.59. The molecule has 0 bridgehead atoms. The van der Waals surface area contributed by atoms with Crippen molar-refractivity contribution in [3.8, 4) is 5.69 Å². The van der Waals surface area contributed by atoms with E-state index in [1.165, 1.54) is 31.6 Å². The summed E-state index contributed by atoms with van der Waals surface area (Å²) >= 11 is 1.22. The van der Waals surface area contributed by atoms with E-state index in [2.05, 4.69) is 20.4 Å². The minimum atomic E-state index is -0.187. The Hall–Kier alpha value is -2.59. The van der Waals surface area contributed by atoms with E-state index >= 15 is 0 Å². The van der Waals surface area contributed by atoms with Gasteiger partial charge in [-0.15, -0.1) is 0 Å². The number of nitrogens with zero attached hydrogens (tertiary/aromatic N) is 3. The summed E-state index contributed by atoms with van der Waals surface area (Å²) in [6.45, 7) is 5.53. The second kappa shape index (κ2) is 6.67. The van der Waals surface area contributed by atoms with Gasteiger partial charge in [-0.05, 0) is 0 Å². The molecule has 0 aliphatic carbocycles. The van der Waals surface area contributed by atoms with Crippen LogP contribution in [0.5, 0.6) is 0 Å². The number of benzene rings is 1. The fourth-order valence-electron chi connectivity index (χ4n) is 2.18. The number of nitrogens with one attached hydrogen (secondary N) is 2. The Labute approximate surface area is 143 Å². The standard InChI is InChI=1S/C16H12N5O.W/c1-3-14(17-2)19-15-9-13-12(10-18-15)16(22)20-21(13)11-7-5-4-6-8-11;/h1-10H,(H,18,19)(H,20,22);/q-1;. The van der Waals surface area contributed by atoms with E-state index in [4.69, 9.17) is 6.58 Å². The predicted molar refractivity (Wildman–Crippen MR) is 87.7 cm³/mol. The van der Waals surface area contributed by atoms with Gasteiger partial charge in [0, 0.05) is 0 Å². The monoisotopic (exact) mass is 474 g/mol. The van der Waals surface area contributed by atoms with Crippen LogP contribution in [0.25, 0.3) is 16.6 Å². The zero-order valence-corrected chi connectivity index (χ0v) is 14.9. The van der Waals surface area contributed by atoms with Crippen molar-refractivity contribution in [2.45, 2.75) is 0 Å². The number of amidine groups is 1. The number of rotatable bonds is 4. The molecular formula is C16H12N5OW-. The number of aromatic amines is 1. The van der Waals surface area contributed by atoms with Gasteiger partial charge in [0.25, 0.3) is 0 Å². The van der Waals surface area contributed by atoms with E-state index in [0.29, 0.717) is 17.0 Å². The van der Waals surface area contributed by atoms with Gasteiger partial charge < -0.3 is 0 Å². The first-order valence-corrected chi connectivity index (χ1v) is 8.42. The molecule has 7 heteroatoms. The number of pyridine rings is 1. The van der Waals surface area contributed by atoms with Crippen LogP contribution in [-0.4, -0.2) is 25.1 Å². The quantitative estimate of drug-likeness (QED) is 0.345. The summed E-state index contributed by atoms with van der Waals surface area (Å²) in [5.41, 5.74) is 1.40. The van der Waals surface area contributed by atoms with E-state index in [-0.39, 0.29) is 5.56 Å². The number of H-pyrrole nitrogens is 1. The van der Waals surface area contributed by atoms with Crippen LogP contribution in [-0.2, 0) is 19.4 Å². The van der Waals surface area contributed by atoms with Crippen LogP contribution in [0.3, 0.4) is 0 Å². The molecule has 3 rings (SSSR count). The third-order valence-corrected chi connectivity index (χ3v) is 3.58. The molecule has 0 aliphatic heterocycles. The van der Waals surface area contributed by atoms with E-state index in [0.717, 1.165) is 11.2 Å². The van der Waals surface area contributed by atoms with E-state index in [1.807, 2.05) is 30.3 Å². The first-order chi connectivity index (χ1) is 11.2. The van der Waals surface area contributed by atoms with Gasteiger partial charge in [-0.1, -0.05) is 0 Å². The SMILES string of the molecule is [CH-]=CC(=N[CH]=[W])Nc1cc2c(cn1)c(=O)[nH]n2-c1ccccc1. The molecule has 6 nitrogen and oxygen atoms in total. The van der Waals surface area contributed by atoms with Crippen molar-refractivity contribution < 1.29 is 19.4 Å². The molecule has 1 aromatic carbocycles. The van der Waals surface area contributed by atoms with Gasteiger partial charge in [0.1, 0.15) is 0 Å². The summed E-state index contributed by atoms with van der Waals surface area (Å²) in [5.74, 6) is 1.05. The van der Waals surface area contributed by atoms with Gasteiger partial charge in [0.15, 0.2) is 0 Å². The molecule has 3 aromatic rings. The molecule has 0 saturated heterocycles. The molecule has 0 amide bonds. The summed E-state index contributed by atoms with van der Waals surface area (Å²) < 4.78 is 3.43. The van der Waals surface area contributed by atoms with Crippen LogP contribution in [0.15, 0.2) is 58.5 Å². The molecule has 0 radical (unpaired) electrons. The van der Waals surface area contributed by atoms with Gasteiger partial charge in [-0.25, -0.2) is 0 Å². The van der Waals surface area contributed by atoms with Gasteiger partial charge in [-0.3, -0.25) is 0 Å². The van der Waals surface area contributed by atoms with Crippen LogP contribution in [0, 0.1) is 6.58 Å². The van der Waals surface area contributed by atoms with Gasteiger partial charge >= 0.3 is 143 Å². The summed E-state index contributed by atoms with van der Waals surface area (Å²) in [6, 6.07) is 11.4. The van der Waals surface area contributed by atoms with Crippen molar-refractivity contribution in [1.82, 2.24) is 14.8 Å². The number of anilines is 1. The van der Waals surface area contributed by atoms with Crippen LogP contribution >= 0.6 is 0 Å². The Morgan fingerprint density at radius 3 is 2.87 bits per heavy atom. The maximum absolute atomic E-state index is 12.1. The number of para-hydroxylation sites is 1. The van der Waals surface area contributed by atoms with Gasteiger partial charge in [0.05, 0.1) is 0 Å². The summed E-state index contributed by atoms with van der Waals surface area (Å²) in [5, 5.41) is 6.35. The Morgan fingerprint density at radius 1 is 1.39 bits per heavy atom. The van der Waals surface area contributed by atoms with Crippen LogP contribution < -0.4 is 10.9 Å². The third kappa shape index (κ3) is 3.12. The average molecular weight is 474 g/mol.